The first-order valence-corrected chi connectivity index (χ1v) is 39.9. The molecule has 4 aromatic rings. The number of aliphatic hydroxyl groups excluding tert-OH is 2. The van der Waals surface area contributed by atoms with E-state index < -0.39 is 0 Å². The molecule has 8 saturated carbocycles. The molecule has 0 radical (unpaired) electrons. The van der Waals surface area contributed by atoms with Crippen LogP contribution in [-0.4, -0.2) is 67.2 Å². The number of aryl methyl sites for hydroxylation is 4. The van der Waals surface area contributed by atoms with E-state index >= 15 is 0 Å². The van der Waals surface area contributed by atoms with Crippen LogP contribution in [0, 0.1) is 80.8 Å². The standard InChI is InChI=1S/C23H34O2.C23H34O.C22H32O3.C22H32O2/c1-14-12-20-19-8-6-15-13-16(25-22(2,3)4)7-9-17(15)18(19)10-11-23(20,5)21(14)24;1-15-6-11-21-20-9-7-16-14-17(24-22(2,3)4)8-10-18(16)19(20)12-13-23(15,21)5;1-21(2,3)25-20-19(24)12-18-17-7-5-13-11-14(23)6-8-15(13)16(17)9-10-22(18,20)4;1-21(2,3)24-20-10-9-19-18-7-5-14-13-15(23)6-8-16(14)17(18)11-12-22(19,20)4/h7,9,13-14,18-21,24H,6,8,10-12H2,1-5H3;8,10,14-15,19-21H,6-7,9,11-13H2,1-5H3;6,8,11,16-20,23-24H,5,7,9-10,12H2,1-4H3;6,8,13,17-20,23H,5,7,9-12H2,1-4H3/t14-,18+,19+,20-,21-,23-;15-,19+,20+,21-,23+;16-,17-,18+,19+,20+,22+;17-,18-,19+,20+,22+/m0011/s1. The Morgan fingerprint density at radius 2 is 0.755 bits per heavy atom. The molecule has 8 heteroatoms. The van der Waals surface area contributed by atoms with E-state index in [2.05, 4.69) is 173 Å². The summed E-state index contributed by atoms with van der Waals surface area (Å²) in [6.45, 7) is 40.1. The first-order valence-electron chi connectivity index (χ1n) is 39.9. The van der Waals surface area contributed by atoms with Gasteiger partial charge in [-0.2, -0.15) is 0 Å². The Labute approximate surface area is 593 Å². The Hall–Kier alpha value is -4.08. The van der Waals surface area contributed by atoms with Crippen LogP contribution in [0.1, 0.15) is 308 Å². The molecule has 8 nitrogen and oxygen atoms in total. The van der Waals surface area contributed by atoms with Crippen LogP contribution < -0.4 is 9.47 Å². The molecule has 540 valence electrons. The van der Waals surface area contributed by atoms with Crippen molar-refractivity contribution in [3.63, 3.8) is 0 Å². The third-order valence-electron chi connectivity index (χ3n) is 29.2. The van der Waals surface area contributed by atoms with Gasteiger partial charge in [0.25, 0.3) is 0 Å². The number of phenols is 2. The molecule has 98 heavy (non-hydrogen) atoms. The minimum atomic E-state index is -0.353. The Kier molecular flexibility index (Phi) is 19.6. The Bertz CT molecular complexity index is 3480. The topological polar surface area (TPSA) is 118 Å². The van der Waals surface area contributed by atoms with Crippen molar-refractivity contribution in [3.05, 3.63) is 117 Å². The summed E-state index contributed by atoms with van der Waals surface area (Å²) in [5, 5.41) is 41.2. The van der Waals surface area contributed by atoms with Crippen molar-refractivity contribution in [1.29, 1.82) is 0 Å². The van der Waals surface area contributed by atoms with E-state index in [4.69, 9.17) is 18.9 Å². The van der Waals surface area contributed by atoms with Gasteiger partial charge < -0.3 is 39.4 Å². The second kappa shape index (κ2) is 26.6. The minimum Gasteiger partial charge on any atom is -0.508 e. The highest BCUT2D eigenvalue weighted by Gasteiger charge is 2.61. The van der Waals surface area contributed by atoms with Gasteiger partial charge in [-0.25, -0.2) is 0 Å². The number of benzene rings is 4. The molecule has 4 N–H and O–H groups in total. The summed E-state index contributed by atoms with van der Waals surface area (Å²) in [5.74, 6) is 13.1. The smallest absolute Gasteiger partial charge is 0.120 e. The number of ether oxygens (including phenoxy) is 4. The van der Waals surface area contributed by atoms with Gasteiger partial charge in [0.15, 0.2) is 0 Å². The average Bonchev–Trinajstić information content (AvgIpc) is 1.54. The normalized spacial score (nSPS) is 39.3. The Balaban J connectivity index is 0.000000118. The zero-order valence-electron chi connectivity index (χ0n) is 64.3. The molecule has 0 saturated heterocycles. The zero-order chi connectivity index (χ0) is 70.2. The van der Waals surface area contributed by atoms with E-state index in [1.807, 2.05) is 24.3 Å². The summed E-state index contributed by atoms with van der Waals surface area (Å²) in [6.07, 6.45) is 27.2. The highest BCUT2D eigenvalue weighted by atomic mass is 16.5. The van der Waals surface area contributed by atoms with Crippen LogP contribution >= 0.6 is 0 Å². The molecule has 0 bridgehead atoms. The van der Waals surface area contributed by atoms with Crippen LogP contribution in [-0.2, 0) is 35.2 Å². The Morgan fingerprint density at radius 1 is 0.378 bits per heavy atom. The van der Waals surface area contributed by atoms with Gasteiger partial charge in [0.1, 0.15) is 34.2 Å². The SMILES string of the molecule is CC(C)(C)O[C@H]1CC[C@H]2[C@@H]3CCc4cc(O)ccc4[C@H]3CC[C@]12C.CC(C)(C)O[C@H]1[C@@H](O)C[C@H]2[C@@H]3CCc4cc(O)ccc4[C@H]3CC[C@@]21C.C[C@H]1CC[C@H]2[C@@H]3CCc4cc(OC(C)(C)C)ccc4[C@H]3CC[C@]12C.C[C@H]1C[C@H]2[C@@H]3CCc4cc(OC(C)(C)C)ccc4[C@H]3CC[C@]2(C)[C@H]1O. The second-order valence-electron chi connectivity index (χ2n) is 39.6. The number of aliphatic hydroxyl groups is 2. The van der Waals surface area contributed by atoms with Crippen molar-refractivity contribution in [1.82, 2.24) is 0 Å². The summed E-state index contributed by atoms with van der Waals surface area (Å²) in [4.78, 5) is 0. The van der Waals surface area contributed by atoms with E-state index in [1.165, 1.54) is 124 Å². The molecule has 16 rings (SSSR count). The summed E-state index contributed by atoms with van der Waals surface area (Å²) in [7, 11) is 0. The van der Waals surface area contributed by atoms with Gasteiger partial charge in [0.05, 0.1) is 35.6 Å². The van der Waals surface area contributed by atoms with Crippen LogP contribution in [0.15, 0.2) is 72.8 Å². The van der Waals surface area contributed by atoms with Crippen LogP contribution in [0.5, 0.6) is 23.0 Å². The van der Waals surface area contributed by atoms with E-state index in [-0.39, 0.29) is 51.5 Å². The maximum absolute atomic E-state index is 10.8. The van der Waals surface area contributed by atoms with E-state index in [9.17, 15) is 20.4 Å². The van der Waals surface area contributed by atoms with E-state index in [0.29, 0.717) is 69.9 Å². The predicted octanol–water partition coefficient (Wildman–Crippen LogP) is 21.5. The Morgan fingerprint density at radius 3 is 1.20 bits per heavy atom. The minimum absolute atomic E-state index is 0.0455. The first kappa shape index (κ1) is 72.3. The second-order valence-corrected chi connectivity index (χ2v) is 39.6. The summed E-state index contributed by atoms with van der Waals surface area (Å²) in [6, 6.07) is 25.8. The van der Waals surface area contributed by atoms with Crippen LogP contribution in [0.25, 0.3) is 0 Å². The summed E-state index contributed by atoms with van der Waals surface area (Å²) < 4.78 is 25.1. The molecule has 12 aliphatic carbocycles. The van der Waals surface area contributed by atoms with Crippen molar-refractivity contribution in [2.45, 2.75) is 336 Å². The number of aromatic hydroxyl groups is 2. The third kappa shape index (κ3) is 13.9. The third-order valence-corrected chi connectivity index (χ3v) is 29.2. The van der Waals surface area contributed by atoms with Gasteiger partial charge >= 0.3 is 0 Å². The predicted molar refractivity (Wildman–Crippen MR) is 399 cm³/mol. The fourth-order valence-electron chi connectivity index (χ4n) is 24.8. The number of fused-ring (bicyclic) bond motifs is 20. The summed E-state index contributed by atoms with van der Waals surface area (Å²) >= 11 is 0. The fourth-order valence-corrected chi connectivity index (χ4v) is 24.8. The lowest BCUT2D eigenvalue weighted by Crippen LogP contribution is -2.48. The van der Waals surface area contributed by atoms with Crippen LogP contribution in [0.2, 0.25) is 0 Å². The monoisotopic (exact) mass is 1340 g/mol. The lowest BCUT2D eigenvalue weighted by atomic mass is 9.54. The van der Waals surface area contributed by atoms with E-state index in [1.54, 1.807) is 16.7 Å². The largest absolute Gasteiger partial charge is 0.508 e. The first-order chi connectivity index (χ1) is 45.9. The van der Waals surface area contributed by atoms with Gasteiger partial charge in [-0.05, 0) is 422 Å². The van der Waals surface area contributed by atoms with Crippen molar-refractivity contribution in [3.8, 4) is 23.0 Å². The average molecular weight is 1340 g/mol. The molecule has 22 atom stereocenters. The molecular weight excluding hydrogens is 1210 g/mol. The molecule has 0 unspecified atom stereocenters. The van der Waals surface area contributed by atoms with E-state index in [0.717, 1.165) is 97.9 Å². The lowest BCUT2D eigenvalue weighted by molar-refractivity contribution is -0.151. The maximum Gasteiger partial charge on any atom is 0.120 e. The molecule has 0 aliphatic heterocycles. The van der Waals surface area contributed by atoms with Gasteiger partial charge in [0, 0.05) is 0 Å². The highest BCUT2D eigenvalue weighted by Crippen LogP contribution is 2.67. The van der Waals surface area contributed by atoms with Gasteiger partial charge in [-0.1, -0.05) is 65.8 Å². The van der Waals surface area contributed by atoms with Crippen molar-refractivity contribution >= 4 is 0 Å². The van der Waals surface area contributed by atoms with Crippen molar-refractivity contribution in [2.24, 2.45) is 80.8 Å². The molecule has 0 spiro atoms. The molecule has 12 aliphatic rings. The zero-order valence-corrected chi connectivity index (χ0v) is 64.3. The van der Waals surface area contributed by atoms with Crippen molar-refractivity contribution < 1.29 is 39.4 Å². The summed E-state index contributed by atoms with van der Waals surface area (Å²) in [5.41, 5.74) is 12.6. The number of rotatable bonds is 4. The molecular formula is C90H132O8. The quantitative estimate of drug-likeness (QED) is 0.160. The fraction of sp³-hybridized carbons (Fsp3) is 0.733. The molecule has 0 heterocycles. The molecule has 4 aromatic carbocycles. The number of phenolic OH excluding ortho intramolecular Hbond substituents is 2. The number of hydrogen-bond acceptors (Lipinski definition) is 8. The van der Waals surface area contributed by atoms with Gasteiger partial charge in [-0.15, -0.1) is 0 Å². The van der Waals surface area contributed by atoms with Crippen LogP contribution in [0.3, 0.4) is 0 Å². The lowest BCUT2D eigenvalue weighted by Gasteiger charge is -2.51. The molecule has 8 fully saturated rings. The molecule has 0 aromatic heterocycles. The van der Waals surface area contributed by atoms with Crippen LogP contribution in [0.4, 0.5) is 0 Å². The highest BCUT2D eigenvalue weighted by molar-refractivity contribution is 5.44. The molecule has 0 amide bonds. The van der Waals surface area contributed by atoms with Gasteiger partial charge in [0.2, 0.25) is 0 Å². The number of hydrogen-bond donors (Lipinski definition) is 4. The van der Waals surface area contributed by atoms with Crippen molar-refractivity contribution in [2.75, 3.05) is 0 Å². The van der Waals surface area contributed by atoms with Gasteiger partial charge in [-0.3, -0.25) is 0 Å². The maximum atomic E-state index is 10.8.